The number of nitrogens with zero attached hydrogens (tertiary/aromatic N) is 3. The third kappa shape index (κ3) is 3.44. The summed E-state index contributed by atoms with van der Waals surface area (Å²) in [6.07, 6.45) is 4.64. The van der Waals surface area contributed by atoms with Gasteiger partial charge in [-0.1, -0.05) is 36.4 Å². The van der Waals surface area contributed by atoms with Crippen molar-refractivity contribution in [3.63, 3.8) is 0 Å². The number of aliphatic imine (C=N–C) groups is 1. The molecule has 1 N–H and O–H groups in total. The van der Waals surface area contributed by atoms with Crippen LogP contribution < -0.4 is 10.2 Å². The van der Waals surface area contributed by atoms with E-state index in [1.54, 1.807) is 77.8 Å². The van der Waals surface area contributed by atoms with Crippen LogP contribution in [0.15, 0.2) is 89.6 Å². The first-order chi connectivity index (χ1) is 16.4. The van der Waals surface area contributed by atoms with Gasteiger partial charge in [0.1, 0.15) is 11.4 Å². The number of nitrogens with one attached hydrogen (secondary N) is 1. The number of fused-ring (bicyclic) bond motifs is 1. The highest BCUT2D eigenvalue weighted by Gasteiger charge is 2.62. The lowest BCUT2D eigenvalue weighted by Gasteiger charge is -2.39. The van der Waals surface area contributed by atoms with Gasteiger partial charge in [-0.05, 0) is 48.9 Å². The SMILES string of the molecule is CC1=CC2=NC(=O)[C@](CC(=O)Nc3ccccc3)([C@H]3CC(=O)N(c4ccccc4)C3=O)N2C=C1. The molecule has 2 aromatic carbocycles. The molecule has 8 nitrogen and oxygen atoms in total. The topological polar surface area (TPSA) is 99.1 Å². The molecule has 1 fully saturated rings. The average molecular weight is 454 g/mol. The number of para-hydroxylation sites is 2. The zero-order valence-electron chi connectivity index (χ0n) is 18.5. The van der Waals surface area contributed by atoms with Gasteiger partial charge in [0.05, 0.1) is 18.0 Å². The summed E-state index contributed by atoms with van der Waals surface area (Å²) >= 11 is 0. The molecule has 34 heavy (non-hydrogen) atoms. The zero-order chi connectivity index (χ0) is 23.9. The molecule has 5 rings (SSSR count). The fourth-order valence-electron chi connectivity index (χ4n) is 4.74. The Balaban J connectivity index is 1.54. The molecular formula is C26H22N4O4. The van der Waals surface area contributed by atoms with Crippen molar-refractivity contribution >= 4 is 40.8 Å². The van der Waals surface area contributed by atoms with Crippen molar-refractivity contribution in [3.05, 3.63) is 84.6 Å². The number of allylic oxidation sites excluding steroid dienone is 2. The first-order valence-electron chi connectivity index (χ1n) is 11.0. The fraction of sp³-hybridized carbons (Fsp3) is 0.192. The second-order valence-electron chi connectivity index (χ2n) is 8.52. The summed E-state index contributed by atoms with van der Waals surface area (Å²) < 4.78 is 0. The van der Waals surface area contributed by atoms with Gasteiger partial charge in [0.25, 0.3) is 5.91 Å². The molecule has 0 aromatic heterocycles. The Hall–Kier alpha value is -4.33. The summed E-state index contributed by atoms with van der Waals surface area (Å²) in [5.74, 6) is -2.72. The van der Waals surface area contributed by atoms with Crippen molar-refractivity contribution < 1.29 is 19.2 Å². The minimum absolute atomic E-state index is 0.200. The van der Waals surface area contributed by atoms with Crippen molar-refractivity contribution in [1.82, 2.24) is 4.90 Å². The van der Waals surface area contributed by atoms with E-state index in [-0.39, 0.29) is 12.8 Å². The Morgan fingerprint density at radius 3 is 2.44 bits per heavy atom. The van der Waals surface area contributed by atoms with E-state index in [4.69, 9.17) is 0 Å². The summed E-state index contributed by atoms with van der Waals surface area (Å²) in [6.45, 7) is 1.87. The van der Waals surface area contributed by atoms with Gasteiger partial charge in [0.15, 0.2) is 0 Å². The molecule has 0 radical (unpaired) electrons. The number of anilines is 2. The maximum absolute atomic E-state index is 13.6. The number of imide groups is 1. The molecule has 2 atom stereocenters. The Labute approximate surface area is 196 Å². The maximum atomic E-state index is 13.6. The average Bonchev–Trinajstić information content (AvgIpc) is 3.27. The van der Waals surface area contributed by atoms with Gasteiger partial charge in [-0.15, -0.1) is 0 Å². The number of carbonyl (C=O) groups excluding carboxylic acids is 4. The molecule has 3 aliphatic heterocycles. The molecular weight excluding hydrogens is 432 g/mol. The van der Waals surface area contributed by atoms with E-state index in [9.17, 15) is 19.2 Å². The minimum atomic E-state index is -1.64. The van der Waals surface area contributed by atoms with Crippen LogP contribution in [-0.4, -0.2) is 39.9 Å². The molecule has 3 heterocycles. The smallest absolute Gasteiger partial charge is 0.275 e. The lowest BCUT2D eigenvalue weighted by atomic mass is 9.77. The standard InChI is InChI=1S/C26H22N4O4/c1-17-12-13-29-21(14-17)28-25(34)26(29,16-22(31)27-18-8-4-2-5-9-18)20-15-23(32)30(24(20)33)19-10-6-3-7-11-19/h2-14,20H,15-16H2,1H3,(H,27,31)/t20-,26-/m0/s1. The van der Waals surface area contributed by atoms with Crippen molar-refractivity contribution in [1.29, 1.82) is 0 Å². The van der Waals surface area contributed by atoms with Crippen LogP contribution in [0, 0.1) is 5.92 Å². The van der Waals surface area contributed by atoms with Crippen LogP contribution in [0.25, 0.3) is 0 Å². The summed E-state index contributed by atoms with van der Waals surface area (Å²) in [6, 6.07) is 17.4. The van der Waals surface area contributed by atoms with Crippen molar-refractivity contribution in [2.75, 3.05) is 10.2 Å². The van der Waals surface area contributed by atoms with Crippen LogP contribution in [0.3, 0.4) is 0 Å². The predicted octanol–water partition coefficient (Wildman–Crippen LogP) is 3.05. The van der Waals surface area contributed by atoms with Gasteiger partial charge in [-0.3, -0.25) is 24.1 Å². The lowest BCUT2D eigenvalue weighted by Crippen LogP contribution is -2.58. The number of carbonyl (C=O) groups is 4. The molecule has 3 aliphatic rings. The second kappa shape index (κ2) is 8.22. The highest BCUT2D eigenvalue weighted by Crippen LogP contribution is 2.44. The molecule has 2 aromatic rings. The largest absolute Gasteiger partial charge is 0.326 e. The van der Waals surface area contributed by atoms with Crippen molar-refractivity contribution in [2.24, 2.45) is 10.9 Å². The van der Waals surface area contributed by atoms with E-state index in [1.807, 2.05) is 13.0 Å². The molecule has 0 unspecified atom stereocenters. The number of rotatable bonds is 5. The number of amides is 4. The summed E-state index contributed by atoms with van der Waals surface area (Å²) in [4.78, 5) is 60.2. The van der Waals surface area contributed by atoms with Crippen molar-refractivity contribution in [3.8, 4) is 0 Å². The fourth-order valence-corrected chi connectivity index (χ4v) is 4.74. The third-order valence-electron chi connectivity index (χ3n) is 6.33. The van der Waals surface area contributed by atoms with Crippen LogP contribution in [0.1, 0.15) is 19.8 Å². The quantitative estimate of drug-likeness (QED) is 0.700. The van der Waals surface area contributed by atoms with Crippen molar-refractivity contribution in [2.45, 2.75) is 25.3 Å². The molecule has 0 bridgehead atoms. The van der Waals surface area contributed by atoms with Gasteiger partial charge >= 0.3 is 0 Å². The Bertz CT molecular complexity index is 1280. The molecule has 0 saturated carbocycles. The molecule has 170 valence electrons. The molecule has 4 amide bonds. The van der Waals surface area contributed by atoms with Crippen LogP contribution >= 0.6 is 0 Å². The summed E-state index contributed by atoms with van der Waals surface area (Å²) in [5.41, 5.74) is 0.240. The van der Waals surface area contributed by atoms with Gasteiger partial charge in [-0.25, -0.2) is 0 Å². The monoisotopic (exact) mass is 454 g/mol. The summed E-state index contributed by atoms with van der Waals surface area (Å²) in [7, 11) is 0. The summed E-state index contributed by atoms with van der Waals surface area (Å²) in [5, 5.41) is 2.79. The number of hydrogen-bond acceptors (Lipinski definition) is 5. The van der Waals surface area contributed by atoms with E-state index >= 15 is 0 Å². The highest BCUT2D eigenvalue weighted by molar-refractivity contribution is 6.25. The van der Waals surface area contributed by atoms with Crippen LogP contribution in [-0.2, 0) is 19.2 Å². The molecule has 1 saturated heterocycles. The van der Waals surface area contributed by atoms with Gasteiger partial charge in [-0.2, -0.15) is 4.99 Å². The third-order valence-corrected chi connectivity index (χ3v) is 6.33. The van der Waals surface area contributed by atoms with E-state index < -0.39 is 35.1 Å². The number of amidine groups is 1. The zero-order valence-corrected chi connectivity index (χ0v) is 18.5. The van der Waals surface area contributed by atoms with E-state index in [2.05, 4.69) is 10.3 Å². The van der Waals surface area contributed by atoms with Crippen LogP contribution in [0.5, 0.6) is 0 Å². The number of benzene rings is 2. The first-order valence-corrected chi connectivity index (χ1v) is 11.0. The van der Waals surface area contributed by atoms with Gasteiger partial charge in [0.2, 0.25) is 17.7 Å². The van der Waals surface area contributed by atoms with E-state index in [1.165, 1.54) is 0 Å². The Morgan fingerprint density at radius 2 is 1.74 bits per heavy atom. The van der Waals surface area contributed by atoms with Gasteiger partial charge in [0, 0.05) is 18.3 Å². The highest BCUT2D eigenvalue weighted by atomic mass is 16.2. The Morgan fingerprint density at radius 1 is 1.06 bits per heavy atom. The van der Waals surface area contributed by atoms with Crippen LogP contribution in [0.2, 0.25) is 0 Å². The molecule has 8 heteroatoms. The Kier molecular flexibility index (Phi) is 5.20. The number of hydrogen-bond donors (Lipinski definition) is 1. The maximum Gasteiger partial charge on any atom is 0.275 e. The minimum Gasteiger partial charge on any atom is -0.326 e. The van der Waals surface area contributed by atoms with Gasteiger partial charge < -0.3 is 10.2 Å². The van der Waals surface area contributed by atoms with Crippen LogP contribution in [0.4, 0.5) is 11.4 Å². The molecule has 0 spiro atoms. The first kappa shape index (κ1) is 21.5. The molecule has 0 aliphatic carbocycles. The predicted molar refractivity (Wildman–Crippen MR) is 127 cm³/mol. The lowest BCUT2D eigenvalue weighted by molar-refractivity contribution is -0.137. The second-order valence-corrected chi connectivity index (χ2v) is 8.52. The van der Waals surface area contributed by atoms with E-state index in [0.717, 1.165) is 10.5 Å². The van der Waals surface area contributed by atoms with E-state index in [0.29, 0.717) is 17.2 Å². The normalized spacial score (nSPS) is 23.7.